The summed E-state index contributed by atoms with van der Waals surface area (Å²) in [5.74, 6) is -3.32. The van der Waals surface area contributed by atoms with Crippen LogP contribution in [-0.2, 0) is 39.9 Å². The molecule has 286 valence electrons. The molecule has 13 heteroatoms. The summed E-state index contributed by atoms with van der Waals surface area (Å²) in [5, 5.41) is 15.4. The van der Waals surface area contributed by atoms with E-state index < -0.39 is 65.6 Å². The molecular formula is C38H61N5O8. The third kappa shape index (κ3) is 11.0. The minimum absolute atomic E-state index is 0.00942. The molecule has 2 aliphatic rings. The van der Waals surface area contributed by atoms with Gasteiger partial charge in [-0.3, -0.25) is 19.2 Å². The van der Waals surface area contributed by atoms with Crippen molar-refractivity contribution >= 4 is 29.6 Å². The number of carbonyl (C=O) groups is 5. The van der Waals surface area contributed by atoms with Crippen LogP contribution in [0.1, 0.15) is 85.1 Å². The van der Waals surface area contributed by atoms with Gasteiger partial charge in [-0.05, 0) is 56.9 Å². The van der Waals surface area contributed by atoms with Gasteiger partial charge in [0, 0.05) is 34.2 Å². The number of carboxylic acids is 1. The first-order valence-electron chi connectivity index (χ1n) is 18.3. The number of aliphatic carboxylic acids is 1. The van der Waals surface area contributed by atoms with Crippen molar-refractivity contribution in [2.75, 3.05) is 27.8 Å². The molecule has 3 rings (SSSR count). The number of ether oxygens (including phenoxy) is 2. The third-order valence-electron chi connectivity index (χ3n) is 10.6. The van der Waals surface area contributed by atoms with Crippen LogP contribution in [0.25, 0.3) is 0 Å². The summed E-state index contributed by atoms with van der Waals surface area (Å²) in [4.78, 5) is 70.0. The van der Waals surface area contributed by atoms with Gasteiger partial charge in [0.2, 0.25) is 23.6 Å². The van der Waals surface area contributed by atoms with Crippen molar-refractivity contribution in [3.63, 3.8) is 0 Å². The standard InChI is InChI=1S/C38H61N5O8/c1-23(2)31(41-37(49)38(4,5)39)35(46)42(6)32(26-17-12-13-18-26)29(50-7)22-30(44)43-20-14-19-28(43)33(51-8)24(3)34(45)40-27(36(47)48)21-25-15-10-9-11-16-25/h9-11,15-16,23-24,26-29,31-33H,12-14,17-22,39H2,1-8H3,(H,40,45)(H,41,49)(H,47,48). The number of nitrogens with zero attached hydrogens (tertiary/aromatic N) is 2. The van der Waals surface area contributed by atoms with E-state index in [0.29, 0.717) is 19.4 Å². The molecule has 0 spiro atoms. The highest BCUT2D eigenvalue weighted by Gasteiger charge is 2.44. The summed E-state index contributed by atoms with van der Waals surface area (Å²) in [6.07, 6.45) is 3.96. The number of carbonyl (C=O) groups excluding carboxylic acids is 4. The van der Waals surface area contributed by atoms with Crippen molar-refractivity contribution in [3.05, 3.63) is 35.9 Å². The number of rotatable bonds is 18. The molecule has 1 saturated carbocycles. The van der Waals surface area contributed by atoms with Crippen molar-refractivity contribution in [2.45, 2.75) is 128 Å². The van der Waals surface area contributed by atoms with E-state index in [4.69, 9.17) is 15.2 Å². The van der Waals surface area contributed by atoms with Gasteiger partial charge >= 0.3 is 5.97 Å². The monoisotopic (exact) mass is 715 g/mol. The van der Waals surface area contributed by atoms with Crippen molar-refractivity contribution in [3.8, 4) is 0 Å². The zero-order valence-corrected chi connectivity index (χ0v) is 31.7. The van der Waals surface area contributed by atoms with Gasteiger partial charge < -0.3 is 40.7 Å². The predicted octanol–water partition coefficient (Wildman–Crippen LogP) is 2.74. The molecule has 2 fully saturated rings. The molecule has 7 atom stereocenters. The van der Waals surface area contributed by atoms with Gasteiger partial charge in [0.25, 0.3) is 0 Å². The maximum Gasteiger partial charge on any atom is 0.326 e. The number of carboxylic acid groups (broad SMARTS) is 1. The summed E-state index contributed by atoms with van der Waals surface area (Å²) in [7, 11) is 4.77. The summed E-state index contributed by atoms with van der Waals surface area (Å²) in [6, 6.07) is 6.33. The number of nitrogens with two attached hydrogens (primary N) is 1. The zero-order valence-electron chi connectivity index (χ0n) is 31.7. The molecule has 13 nitrogen and oxygen atoms in total. The lowest BCUT2D eigenvalue weighted by atomic mass is 9.88. The highest BCUT2D eigenvalue weighted by Crippen LogP contribution is 2.35. The molecular weight excluding hydrogens is 654 g/mol. The lowest BCUT2D eigenvalue weighted by Crippen LogP contribution is -2.60. The maximum absolute atomic E-state index is 14.2. The molecule has 1 aromatic carbocycles. The Morgan fingerprint density at radius 2 is 1.61 bits per heavy atom. The highest BCUT2D eigenvalue weighted by molar-refractivity contribution is 5.92. The normalized spacial score (nSPS) is 20.3. The lowest BCUT2D eigenvalue weighted by molar-refractivity contribution is -0.148. The zero-order chi connectivity index (χ0) is 38.0. The van der Waals surface area contributed by atoms with Crippen LogP contribution in [0.3, 0.4) is 0 Å². The van der Waals surface area contributed by atoms with Gasteiger partial charge in [0.1, 0.15) is 12.1 Å². The average molecular weight is 716 g/mol. The van der Waals surface area contributed by atoms with Gasteiger partial charge in [-0.1, -0.05) is 63.9 Å². The second-order valence-corrected chi connectivity index (χ2v) is 15.3. The van der Waals surface area contributed by atoms with E-state index >= 15 is 0 Å². The topological polar surface area (TPSA) is 181 Å². The lowest BCUT2D eigenvalue weighted by Gasteiger charge is -2.41. The van der Waals surface area contributed by atoms with Crippen LogP contribution in [0.4, 0.5) is 0 Å². The molecule has 4 amide bonds. The molecule has 0 bridgehead atoms. The molecule has 51 heavy (non-hydrogen) atoms. The minimum Gasteiger partial charge on any atom is -0.480 e. The average Bonchev–Trinajstić information content (AvgIpc) is 3.79. The molecule has 1 aliphatic carbocycles. The van der Waals surface area contributed by atoms with Gasteiger partial charge in [-0.15, -0.1) is 0 Å². The number of benzene rings is 1. The first kappa shape index (κ1) is 41.9. The smallest absolute Gasteiger partial charge is 0.326 e. The van der Waals surface area contributed by atoms with E-state index in [2.05, 4.69) is 10.6 Å². The minimum atomic E-state index is -1.16. The van der Waals surface area contributed by atoms with Crippen molar-refractivity contribution in [1.82, 2.24) is 20.4 Å². The number of likely N-dealkylation sites (tertiary alicyclic amines) is 1. The van der Waals surface area contributed by atoms with Crippen LogP contribution < -0.4 is 16.4 Å². The Morgan fingerprint density at radius 1 is 0.980 bits per heavy atom. The summed E-state index contributed by atoms with van der Waals surface area (Å²) in [5.41, 5.74) is 5.65. The van der Waals surface area contributed by atoms with Gasteiger partial charge in [0.05, 0.1) is 42.2 Å². The number of likely N-dealkylation sites (N-methyl/N-ethyl adjacent to an activating group) is 1. The van der Waals surface area contributed by atoms with E-state index in [9.17, 15) is 29.1 Å². The number of nitrogens with one attached hydrogen (secondary N) is 2. The Labute approximate surface area is 303 Å². The van der Waals surface area contributed by atoms with Gasteiger partial charge in [0.15, 0.2) is 0 Å². The predicted molar refractivity (Wildman–Crippen MR) is 193 cm³/mol. The molecule has 7 unspecified atom stereocenters. The molecule has 1 aliphatic heterocycles. The van der Waals surface area contributed by atoms with Gasteiger partial charge in [-0.2, -0.15) is 0 Å². The quantitative estimate of drug-likeness (QED) is 0.178. The molecule has 5 N–H and O–H groups in total. The summed E-state index contributed by atoms with van der Waals surface area (Å²) < 4.78 is 11.9. The Morgan fingerprint density at radius 3 is 2.14 bits per heavy atom. The first-order chi connectivity index (χ1) is 24.0. The third-order valence-corrected chi connectivity index (χ3v) is 10.6. The van der Waals surface area contributed by atoms with Crippen LogP contribution in [-0.4, -0.2) is 114 Å². The molecule has 1 heterocycles. The Bertz CT molecular complexity index is 1330. The second kappa shape index (κ2) is 18.8. The van der Waals surface area contributed by atoms with Crippen LogP contribution in [0.15, 0.2) is 30.3 Å². The van der Waals surface area contributed by atoms with Crippen molar-refractivity contribution in [2.24, 2.45) is 23.5 Å². The molecule has 0 radical (unpaired) electrons. The van der Waals surface area contributed by atoms with E-state index in [1.54, 1.807) is 44.7 Å². The molecule has 1 aromatic rings. The summed E-state index contributed by atoms with van der Waals surface area (Å²) >= 11 is 0. The second-order valence-electron chi connectivity index (χ2n) is 15.3. The fraction of sp³-hybridized carbons (Fsp3) is 0.711. The van der Waals surface area contributed by atoms with Gasteiger partial charge in [-0.25, -0.2) is 4.79 Å². The SMILES string of the molecule is COC(CC(=O)N1CCCC1C(OC)C(C)C(=O)NC(Cc1ccccc1)C(=O)O)C(C1CCCC1)N(C)C(=O)C(NC(=O)C(C)(C)N)C(C)C. The van der Waals surface area contributed by atoms with Crippen molar-refractivity contribution in [1.29, 1.82) is 0 Å². The van der Waals surface area contributed by atoms with Crippen LogP contribution in [0.5, 0.6) is 0 Å². The number of methoxy groups -OCH3 is 2. The van der Waals surface area contributed by atoms with E-state index in [-0.39, 0.29) is 36.5 Å². The fourth-order valence-corrected chi connectivity index (χ4v) is 7.65. The Balaban J connectivity index is 1.78. The number of hydrogen-bond acceptors (Lipinski definition) is 8. The Kier molecular flexibility index (Phi) is 15.4. The van der Waals surface area contributed by atoms with E-state index in [0.717, 1.165) is 31.2 Å². The number of hydrogen-bond donors (Lipinski definition) is 4. The molecule has 0 aromatic heterocycles. The maximum atomic E-state index is 14.2. The van der Waals surface area contributed by atoms with E-state index in [1.807, 2.05) is 44.2 Å². The number of amides is 4. The van der Waals surface area contributed by atoms with Crippen LogP contribution in [0.2, 0.25) is 0 Å². The first-order valence-corrected chi connectivity index (χ1v) is 18.3. The molecule has 1 saturated heterocycles. The van der Waals surface area contributed by atoms with Crippen molar-refractivity contribution < 1.29 is 38.6 Å². The van der Waals surface area contributed by atoms with Crippen LogP contribution >= 0.6 is 0 Å². The van der Waals surface area contributed by atoms with Crippen LogP contribution in [0, 0.1) is 17.8 Å². The fourth-order valence-electron chi connectivity index (χ4n) is 7.65. The summed E-state index contributed by atoms with van der Waals surface area (Å²) in [6.45, 7) is 9.08. The highest BCUT2D eigenvalue weighted by atomic mass is 16.5. The van der Waals surface area contributed by atoms with E-state index in [1.165, 1.54) is 7.11 Å². The largest absolute Gasteiger partial charge is 0.480 e. The Hall–Kier alpha value is -3.55.